The van der Waals surface area contributed by atoms with E-state index in [0.717, 1.165) is 0 Å². The van der Waals surface area contributed by atoms with Gasteiger partial charge in [0.05, 0.1) is 21.1 Å². The van der Waals surface area contributed by atoms with E-state index in [9.17, 15) is 0 Å². The molecule has 4 heteroatoms. The average molecular weight is 351 g/mol. The van der Waals surface area contributed by atoms with Gasteiger partial charge in [-0.1, -0.05) is 12.1 Å². The van der Waals surface area contributed by atoms with Crippen molar-refractivity contribution < 1.29 is 0 Å². The zero-order valence-electron chi connectivity index (χ0n) is 13.6. The lowest BCUT2D eigenvalue weighted by Crippen LogP contribution is -2.08. The van der Waals surface area contributed by atoms with Gasteiger partial charge in [0, 0.05) is 25.5 Å². The Morgan fingerprint density at radius 1 is 0.708 bits per heavy atom. The number of nitrogens with zero attached hydrogens (tertiary/aromatic N) is 2. The van der Waals surface area contributed by atoms with Crippen molar-refractivity contribution in [2.45, 2.75) is 0 Å². The summed E-state index contributed by atoms with van der Waals surface area (Å²) in [5, 5.41) is 4.26. The molecule has 4 rings (SSSR count). The Kier molecular flexibility index (Phi) is 4.00. The third-order valence-corrected chi connectivity index (χ3v) is 5.84. The topological polar surface area (TPSA) is 8.17 Å². The van der Waals surface area contributed by atoms with Crippen molar-refractivity contribution in [1.29, 1.82) is 0 Å². The molecule has 0 bridgehead atoms. The second-order valence-electron chi connectivity index (χ2n) is 5.80. The zero-order chi connectivity index (χ0) is 16.5. The van der Waals surface area contributed by atoms with E-state index in [4.69, 9.17) is 0 Å². The van der Waals surface area contributed by atoms with Crippen LogP contribution in [0.2, 0.25) is 0 Å². The van der Waals surface area contributed by atoms with Crippen molar-refractivity contribution in [3.8, 4) is 26.8 Å². The van der Waals surface area contributed by atoms with Gasteiger partial charge >= 0.3 is 0 Å². The maximum atomic E-state index is 2.36. The summed E-state index contributed by atoms with van der Waals surface area (Å²) in [7, 11) is 4.14. The van der Waals surface area contributed by atoms with E-state index in [2.05, 4.69) is 95.0 Å². The van der Waals surface area contributed by atoms with E-state index < -0.39 is 0 Å². The SMILES string of the molecule is CN(C)c1ccc(-n2c(-c3cccs3)ccc2-c2cccs2)cc1. The summed E-state index contributed by atoms with van der Waals surface area (Å²) < 4.78 is 2.36. The first-order valence-electron chi connectivity index (χ1n) is 7.81. The van der Waals surface area contributed by atoms with Gasteiger partial charge in [-0.15, -0.1) is 22.7 Å². The molecule has 0 amide bonds. The lowest BCUT2D eigenvalue weighted by atomic mass is 10.2. The molecule has 2 nitrogen and oxygen atoms in total. The molecule has 0 aliphatic carbocycles. The van der Waals surface area contributed by atoms with Gasteiger partial charge in [-0.2, -0.15) is 0 Å². The maximum absolute atomic E-state index is 2.36. The van der Waals surface area contributed by atoms with Gasteiger partial charge in [-0.05, 0) is 59.3 Å². The van der Waals surface area contributed by atoms with Crippen molar-refractivity contribution in [2.75, 3.05) is 19.0 Å². The molecule has 0 N–H and O–H groups in total. The molecule has 0 saturated carbocycles. The molecule has 3 aromatic heterocycles. The minimum absolute atomic E-state index is 1.19. The van der Waals surface area contributed by atoms with Gasteiger partial charge in [0.1, 0.15) is 0 Å². The number of thiophene rings is 2. The molecule has 0 fully saturated rings. The molecule has 4 aromatic rings. The van der Waals surface area contributed by atoms with E-state index in [1.165, 1.54) is 32.5 Å². The highest BCUT2D eigenvalue weighted by atomic mass is 32.1. The fourth-order valence-corrected chi connectivity index (χ4v) is 4.33. The van der Waals surface area contributed by atoms with Crippen LogP contribution in [-0.2, 0) is 0 Å². The van der Waals surface area contributed by atoms with Gasteiger partial charge < -0.3 is 9.47 Å². The molecule has 1 aromatic carbocycles. The Morgan fingerprint density at radius 2 is 1.25 bits per heavy atom. The van der Waals surface area contributed by atoms with Crippen LogP contribution in [0.3, 0.4) is 0 Å². The van der Waals surface area contributed by atoms with Gasteiger partial charge in [-0.3, -0.25) is 0 Å². The van der Waals surface area contributed by atoms with Gasteiger partial charge in [0.2, 0.25) is 0 Å². The first kappa shape index (κ1) is 15.2. The standard InChI is InChI=1S/C20H18N2S2/c1-21(2)15-7-9-16(10-8-15)22-17(19-5-3-13-23-19)11-12-18(22)20-6-4-14-24-20/h3-14H,1-2H3. The Hall–Kier alpha value is -2.30. The summed E-state index contributed by atoms with van der Waals surface area (Å²) in [5.41, 5.74) is 4.88. The second kappa shape index (κ2) is 6.30. The first-order valence-corrected chi connectivity index (χ1v) is 9.57. The molecule has 3 heterocycles. The van der Waals surface area contributed by atoms with Gasteiger partial charge in [0.25, 0.3) is 0 Å². The molecule has 0 radical (unpaired) electrons. The highest BCUT2D eigenvalue weighted by Crippen LogP contribution is 2.36. The zero-order valence-corrected chi connectivity index (χ0v) is 15.3. The van der Waals surface area contributed by atoms with E-state index in [-0.39, 0.29) is 0 Å². The van der Waals surface area contributed by atoms with Crippen molar-refractivity contribution in [1.82, 2.24) is 4.57 Å². The van der Waals surface area contributed by atoms with Crippen LogP contribution in [0.1, 0.15) is 0 Å². The normalized spacial score (nSPS) is 10.9. The Morgan fingerprint density at radius 3 is 1.67 bits per heavy atom. The number of hydrogen-bond donors (Lipinski definition) is 0. The molecular weight excluding hydrogens is 332 g/mol. The summed E-state index contributed by atoms with van der Waals surface area (Å²) in [6.45, 7) is 0. The quantitative estimate of drug-likeness (QED) is 0.438. The van der Waals surface area contributed by atoms with Crippen LogP contribution in [0.5, 0.6) is 0 Å². The van der Waals surface area contributed by atoms with E-state index in [1.54, 1.807) is 22.7 Å². The predicted molar refractivity (Wildman–Crippen MR) is 107 cm³/mol. The van der Waals surface area contributed by atoms with Crippen LogP contribution in [0.15, 0.2) is 71.4 Å². The van der Waals surface area contributed by atoms with Gasteiger partial charge in [0.15, 0.2) is 0 Å². The Bertz CT molecular complexity index is 863. The van der Waals surface area contributed by atoms with Crippen LogP contribution in [0, 0.1) is 0 Å². The van der Waals surface area contributed by atoms with E-state index in [1.807, 2.05) is 0 Å². The number of aromatic nitrogens is 1. The maximum Gasteiger partial charge on any atom is 0.0635 e. The summed E-state index contributed by atoms with van der Waals surface area (Å²) in [6.07, 6.45) is 0. The third kappa shape index (κ3) is 2.68. The monoisotopic (exact) mass is 350 g/mol. The van der Waals surface area contributed by atoms with Crippen LogP contribution < -0.4 is 4.90 Å². The summed E-state index contributed by atoms with van der Waals surface area (Å²) in [4.78, 5) is 4.70. The van der Waals surface area contributed by atoms with Crippen LogP contribution >= 0.6 is 22.7 Å². The molecule has 0 spiro atoms. The largest absolute Gasteiger partial charge is 0.378 e. The minimum atomic E-state index is 1.19. The van der Waals surface area contributed by atoms with Crippen molar-refractivity contribution in [3.63, 3.8) is 0 Å². The summed E-state index contributed by atoms with van der Waals surface area (Å²) >= 11 is 3.56. The molecule has 0 aliphatic rings. The second-order valence-corrected chi connectivity index (χ2v) is 7.70. The molecule has 0 unspecified atom stereocenters. The molecule has 0 saturated heterocycles. The molecule has 120 valence electrons. The Balaban J connectivity index is 1.89. The minimum Gasteiger partial charge on any atom is -0.378 e. The molecule has 0 aliphatic heterocycles. The smallest absolute Gasteiger partial charge is 0.0635 e. The van der Waals surface area contributed by atoms with Crippen LogP contribution in [0.4, 0.5) is 5.69 Å². The van der Waals surface area contributed by atoms with Crippen molar-refractivity contribution in [2.24, 2.45) is 0 Å². The van der Waals surface area contributed by atoms with E-state index >= 15 is 0 Å². The average Bonchev–Trinajstić information content (AvgIpc) is 3.33. The fourth-order valence-electron chi connectivity index (χ4n) is 2.85. The number of hydrogen-bond acceptors (Lipinski definition) is 3. The highest BCUT2D eigenvalue weighted by molar-refractivity contribution is 7.14. The first-order chi connectivity index (χ1) is 11.7. The lowest BCUT2D eigenvalue weighted by Gasteiger charge is -2.16. The van der Waals surface area contributed by atoms with Gasteiger partial charge in [-0.25, -0.2) is 0 Å². The molecule has 24 heavy (non-hydrogen) atoms. The van der Waals surface area contributed by atoms with E-state index in [0.29, 0.717) is 0 Å². The van der Waals surface area contributed by atoms with Crippen LogP contribution in [0.25, 0.3) is 26.8 Å². The Labute approximate surface area is 150 Å². The third-order valence-electron chi connectivity index (χ3n) is 4.05. The van der Waals surface area contributed by atoms with Crippen LogP contribution in [-0.4, -0.2) is 18.7 Å². The fraction of sp³-hybridized carbons (Fsp3) is 0.100. The summed E-state index contributed by atoms with van der Waals surface area (Å²) in [6, 6.07) is 21.8. The number of rotatable bonds is 4. The molecular formula is C20H18N2S2. The molecule has 0 atom stereocenters. The summed E-state index contributed by atoms with van der Waals surface area (Å²) in [5.74, 6) is 0. The number of anilines is 1. The lowest BCUT2D eigenvalue weighted by molar-refractivity contribution is 1.09. The predicted octanol–water partition coefficient (Wildman–Crippen LogP) is 6.00. The van der Waals surface area contributed by atoms with Crippen molar-refractivity contribution >= 4 is 28.4 Å². The highest BCUT2D eigenvalue weighted by Gasteiger charge is 2.14. The number of benzene rings is 1. The van der Waals surface area contributed by atoms with Crippen molar-refractivity contribution in [3.05, 3.63) is 71.4 Å².